The predicted octanol–water partition coefficient (Wildman–Crippen LogP) is -0.388. The number of benzene rings is 1. The number of nitrogens with one attached hydrogen (secondary N) is 2. The zero-order chi connectivity index (χ0) is 8.10. The third kappa shape index (κ3) is 1.99. The smallest absolute Gasteiger partial charge is 0.108 e. The lowest BCUT2D eigenvalue weighted by Crippen LogP contribution is -2.41. The molecule has 1 rings (SSSR count). The van der Waals surface area contributed by atoms with Crippen molar-refractivity contribution in [1.29, 1.82) is 0 Å². The zero-order valence-electron chi connectivity index (χ0n) is 6.12. The molecule has 1 aromatic rings. The fourth-order valence-corrected chi connectivity index (χ4v) is 0.886. The van der Waals surface area contributed by atoms with Crippen molar-refractivity contribution in [2.24, 2.45) is 11.7 Å². The standard InChI is InChI=1S/C7H12N4/c8-10-7(11-9)6-4-2-1-3-5-6/h1-5,7,10-11H,8-9H2. The summed E-state index contributed by atoms with van der Waals surface area (Å²) in [6, 6.07) is 9.66. The van der Waals surface area contributed by atoms with Crippen LogP contribution in [0.15, 0.2) is 30.3 Å². The Morgan fingerprint density at radius 3 is 2.00 bits per heavy atom. The Morgan fingerprint density at radius 1 is 1.00 bits per heavy atom. The van der Waals surface area contributed by atoms with E-state index >= 15 is 0 Å². The number of hydrogen-bond acceptors (Lipinski definition) is 4. The highest BCUT2D eigenvalue weighted by molar-refractivity contribution is 5.17. The quantitative estimate of drug-likeness (QED) is 0.270. The molecule has 0 bridgehead atoms. The van der Waals surface area contributed by atoms with Crippen molar-refractivity contribution < 1.29 is 0 Å². The highest BCUT2D eigenvalue weighted by Gasteiger charge is 2.03. The Hall–Kier alpha value is -0.940. The summed E-state index contributed by atoms with van der Waals surface area (Å²) >= 11 is 0. The van der Waals surface area contributed by atoms with Gasteiger partial charge in [-0.15, -0.1) is 0 Å². The minimum absolute atomic E-state index is 0.184. The first-order valence-electron chi connectivity index (χ1n) is 3.35. The molecule has 0 fully saturated rings. The molecule has 0 saturated carbocycles. The van der Waals surface area contributed by atoms with E-state index in [1.165, 1.54) is 0 Å². The van der Waals surface area contributed by atoms with Gasteiger partial charge in [-0.2, -0.15) is 0 Å². The van der Waals surface area contributed by atoms with Crippen LogP contribution in [0, 0.1) is 0 Å². The molecule has 6 N–H and O–H groups in total. The highest BCUT2D eigenvalue weighted by atomic mass is 15.4. The monoisotopic (exact) mass is 152 g/mol. The molecule has 0 aliphatic carbocycles. The molecular formula is C7H12N4. The van der Waals surface area contributed by atoms with Crippen LogP contribution in [0.5, 0.6) is 0 Å². The van der Waals surface area contributed by atoms with E-state index in [0.29, 0.717) is 0 Å². The van der Waals surface area contributed by atoms with Crippen molar-refractivity contribution in [2.45, 2.75) is 6.17 Å². The largest absolute Gasteiger partial charge is 0.270 e. The van der Waals surface area contributed by atoms with E-state index in [2.05, 4.69) is 10.9 Å². The van der Waals surface area contributed by atoms with Gasteiger partial charge in [0.15, 0.2) is 0 Å². The Labute approximate surface area is 65.5 Å². The topological polar surface area (TPSA) is 76.1 Å². The van der Waals surface area contributed by atoms with Crippen LogP contribution in [0.3, 0.4) is 0 Å². The molecule has 60 valence electrons. The molecule has 4 nitrogen and oxygen atoms in total. The van der Waals surface area contributed by atoms with Gasteiger partial charge in [-0.25, -0.2) is 10.9 Å². The average Bonchev–Trinajstić information content (AvgIpc) is 2.09. The van der Waals surface area contributed by atoms with Gasteiger partial charge in [0.1, 0.15) is 6.17 Å². The second-order valence-electron chi connectivity index (χ2n) is 2.18. The van der Waals surface area contributed by atoms with Crippen molar-refractivity contribution in [1.82, 2.24) is 10.9 Å². The molecule has 0 aliphatic heterocycles. The van der Waals surface area contributed by atoms with Gasteiger partial charge >= 0.3 is 0 Å². The molecule has 0 spiro atoms. The molecule has 0 aliphatic rings. The van der Waals surface area contributed by atoms with Gasteiger partial charge in [-0.1, -0.05) is 30.3 Å². The van der Waals surface area contributed by atoms with Crippen LogP contribution >= 0.6 is 0 Å². The third-order valence-corrected chi connectivity index (χ3v) is 1.47. The summed E-state index contributed by atoms with van der Waals surface area (Å²) in [5.41, 5.74) is 6.08. The summed E-state index contributed by atoms with van der Waals surface area (Å²) in [4.78, 5) is 0. The number of nitrogens with two attached hydrogens (primary N) is 2. The molecule has 0 radical (unpaired) electrons. The first-order chi connectivity index (χ1) is 5.38. The van der Waals surface area contributed by atoms with Crippen LogP contribution in [0.4, 0.5) is 0 Å². The SMILES string of the molecule is NNC(NN)c1ccccc1. The summed E-state index contributed by atoms with van der Waals surface area (Å²) < 4.78 is 0. The first-order valence-corrected chi connectivity index (χ1v) is 3.35. The normalized spacial score (nSPS) is 10.5. The van der Waals surface area contributed by atoms with Crippen molar-refractivity contribution in [3.05, 3.63) is 35.9 Å². The van der Waals surface area contributed by atoms with E-state index in [0.717, 1.165) is 5.56 Å². The molecule has 0 saturated heterocycles. The Kier molecular flexibility index (Phi) is 3.00. The molecule has 0 aromatic heterocycles. The van der Waals surface area contributed by atoms with E-state index in [4.69, 9.17) is 11.7 Å². The maximum absolute atomic E-state index is 5.22. The zero-order valence-corrected chi connectivity index (χ0v) is 6.12. The molecule has 0 amide bonds. The molecule has 0 unspecified atom stereocenters. The molecule has 0 heterocycles. The van der Waals surface area contributed by atoms with Crippen LogP contribution in [-0.4, -0.2) is 0 Å². The second kappa shape index (κ2) is 4.05. The molecule has 11 heavy (non-hydrogen) atoms. The molecule has 1 aromatic carbocycles. The third-order valence-electron chi connectivity index (χ3n) is 1.47. The number of rotatable bonds is 3. The van der Waals surface area contributed by atoms with Crippen molar-refractivity contribution in [3.8, 4) is 0 Å². The van der Waals surface area contributed by atoms with Crippen LogP contribution in [-0.2, 0) is 0 Å². The van der Waals surface area contributed by atoms with Crippen LogP contribution in [0.2, 0.25) is 0 Å². The van der Waals surface area contributed by atoms with Crippen LogP contribution < -0.4 is 22.5 Å². The van der Waals surface area contributed by atoms with E-state index < -0.39 is 0 Å². The maximum Gasteiger partial charge on any atom is 0.108 e. The summed E-state index contributed by atoms with van der Waals surface area (Å²) in [7, 11) is 0. The van der Waals surface area contributed by atoms with Crippen LogP contribution in [0.25, 0.3) is 0 Å². The lowest BCUT2D eigenvalue weighted by atomic mass is 10.2. The van der Waals surface area contributed by atoms with Crippen molar-refractivity contribution in [3.63, 3.8) is 0 Å². The van der Waals surface area contributed by atoms with Gasteiger partial charge in [-0.3, -0.25) is 11.7 Å². The summed E-state index contributed by atoms with van der Waals surface area (Å²) in [6.07, 6.45) is -0.184. The number of hydrogen-bond donors (Lipinski definition) is 4. The minimum Gasteiger partial charge on any atom is -0.270 e. The van der Waals surface area contributed by atoms with Gasteiger partial charge < -0.3 is 0 Å². The summed E-state index contributed by atoms with van der Waals surface area (Å²) in [6.45, 7) is 0. The van der Waals surface area contributed by atoms with E-state index in [9.17, 15) is 0 Å². The molecular weight excluding hydrogens is 140 g/mol. The fourth-order valence-electron chi connectivity index (χ4n) is 0.886. The van der Waals surface area contributed by atoms with E-state index in [1.807, 2.05) is 30.3 Å². The van der Waals surface area contributed by atoms with Crippen molar-refractivity contribution in [2.75, 3.05) is 0 Å². The average molecular weight is 152 g/mol. The molecule has 4 heteroatoms. The second-order valence-corrected chi connectivity index (χ2v) is 2.18. The van der Waals surface area contributed by atoms with Gasteiger partial charge in [-0.05, 0) is 5.56 Å². The lowest BCUT2D eigenvalue weighted by molar-refractivity contribution is 0.461. The van der Waals surface area contributed by atoms with E-state index in [-0.39, 0.29) is 6.17 Å². The Balaban J connectivity index is 2.74. The van der Waals surface area contributed by atoms with Gasteiger partial charge in [0.25, 0.3) is 0 Å². The van der Waals surface area contributed by atoms with E-state index in [1.54, 1.807) is 0 Å². The Bertz CT molecular complexity index is 195. The molecule has 0 atom stereocenters. The predicted molar refractivity (Wildman–Crippen MR) is 43.8 cm³/mol. The first kappa shape index (κ1) is 8.16. The van der Waals surface area contributed by atoms with Gasteiger partial charge in [0, 0.05) is 0 Å². The number of hydrazine groups is 2. The summed E-state index contributed by atoms with van der Waals surface area (Å²) in [5.74, 6) is 10.4. The minimum atomic E-state index is -0.184. The highest BCUT2D eigenvalue weighted by Crippen LogP contribution is 2.05. The Morgan fingerprint density at radius 2 is 1.55 bits per heavy atom. The van der Waals surface area contributed by atoms with Crippen LogP contribution in [0.1, 0.15) is 11.7 Å². The maximum atomic E-state index is 5.22. The van der Waals surface area contributed by atoms with Crippen molar-refractivity contribution >= 4 is 0 Å². The fraction of sp³-hybridized carbons (Fsp3) is 0.143. The van der Waals surface area contributed by atoms with Gasteiger partial charge in [0.05, 0.1) is 0 Å². The summed E-state index contributed by atoms with van der Waals surface area (Å²) in [5, 5.41) is 0. The lowest BCUT2D eigenvalue weighted by Gasteiger charge is -2.13. The van der Waals surface area contributed by atoms with Gasteiger partial charge in [0.2, 0.25) is 0 Å².